The summed E-state index contributed by atoms with van der Waals surface area (Å²) in [7, 11) is -7.86. The SMILES string of the molecule is Cc1ccc(S(=O)(=O)c2ccc(F)cc2)cc1S(=O)(=O)NC1CCOCC1. The van der Waals surface area contributed by atoms with Gasteiger partial charge in [0.2, 0.25) is 19.9 Å². The second-order valence-electron chi connectivity index (χ2n) is 6.39. The molecule has 0 aromatic heterocycles. The van der Waals surface area contributed by atoms with E-state index in [-0.39, 0.29) is 20.7 Å². The molecule has 0 atom stereocenters. The lowest BCUT2D eigenvalue weighted by Crippen LogP contribution is -2.39. The first-order valence-electron chi connectivity index (χ1n) is 8.41. The number of aryl methyl sites for hydroxylation is 1. The molecule has 1 N–H and O–H groups in total. The van der Waals surface area contributed by atoms with Crippen LogP contribution in [0, 0.1) is 12.7 Å². The monoisotopic (exact) mass is 413 g/mol. The zero-order chi connectivity index (χ0) is 19.7. The van der Waals surface area contributed by atoms with Crippen molar-refractivity contribution in [2.24, 2.45) is 0 Å². The summed E-state index contributed by atoms with van der Waals surface area (Å²) < 4.78 is 72.0. The summed E-state index contributed by atoms with van der Waals surface area (Å²) in [6.45, 7) is 2.56. The van der Waals surface area contributed by atoms with E-state index < -0.39 is 25.7 Å². The number of hydrogen-bond acceptors (Lipinski definition) is 5. The number of halogens is 1. The predicted molar refractivity (Wildman–Crippen MR) is 97.2 cm³/mol. The van der Waals surface area contributed by atoms with Gasteiger partial charge in [0.1, 0.15) is 5.82 Å². The Morgan fingerprint density at radius 1 is 0.963 bits per heavy atom. The van der Waals surface area contributed by atoms with Gasteiger partial charge in [0.05, 0.1) is 14.7 Å². The van der Waals surface area contributed by atoms with Crippen molar-refractivity contribution >= 4 is 19.9 Å². The average Bonchev–Trinajstić information content (AvgIpc) is 2.62. The van der Waals surface area contributed by atoms with Gasteiger partial charge in [0, 0.05) is 19.3 Å². The van der Waals surface area contributed by atoms with Gasteiger partial charge in [0.15, 0.2) is 0 Å². The van der Waals surface area contributed by atoms with Crippen molar-refractivity contribution in [2.45, 2.75) is 40.5 Å². The van der Waals surface area contributed by atoms with Crippen molar-refractivity contribution < 1.29 is 26.0 Å². The Morgan fingerprint density at radius 2 is 1.56 bits per heavy atom. The average molecular weight is 413 g/mol. The van der Waals surface area contributed by atoms with E-state index in [0.717, 1.165) is 30.3 Å². The standard InChI is InChI=1S/C18H20FNO5S2/c1-13-2-5-17(26(21,22)16-6-3-14(19)4-7-16)12-18(13)27(23,24)20-15-8-10-25-11-9-15/h2-7,12,15,20H,8-11H2,1H3. The molecule has 0 unspecified atom stereocenters. The third-order valence-electron chi connectivity index (χ3n) is 4.43. The number of sulfonamides is 1. The Hall–Kier alpha value is -1.81. The van der Waals surface area contributed by atoms with Crippen LogP contribution in [0.3, 0.4) is 0 Å². The molecular weight excluding hydrogens is 393 g/mol. The fourth-order valence-electron chi connectivity index (χ4n) is 2.89. The lowest BCUT2D eigenvalue weighted by atomic mass is 10.1. The molecule has 6 nitrogen and oxygen atoms in total. The van der Waals surface area contributed by atoms with Crippen LogP contribution in [0.1, 0.15) is 18.4 Å². The van der Waals surface area contributed by atoms with E-state index in [4.69, 9.17) is 4.74 Å². The topological polar surface area (TPSA) is 89.5 Å². The fourth-order valence-corrected chi connectivity index (χ4v) is 5.82. The van der Waals surface area contributed by atoms with Crippen molar-refractivity contribution in [1.29, 1.82) is 0 Å². The van der Waals surface area contributed by atoms with Crippen molar-refractivity contribution in [3.63, 3.8) is 0 Å². The van der Waals surface area contributed by atoms with Crippen LogP contribution in [0.2, 0.25) is 0 Å². The van der Waals surface area contributed by atoms with Gasteiger partial charge in [0.25, 0.3) is 0 Å². The zero-order valence-corrected chi connectivity index (χ0v) is 16.3. The first-order chi connectivity index (χ1) is 12.7. The van der Waals surface area contributed by atoms with Crippen LogP contribution in [0.25, 0.3) is 0 Å². The Kier molecular flexibility index (Phi) is 5.66. The smallest absolute Gasteiger partial charge is 0.241 e. The van der Waals surface area contributed by atoms with Crippen LogP contribution in [0.4, 0.5) is 4.39 Å². The largest absolute Gasteiger partial charge is 0.381 e. The number of benzene rings is 2. The first kappa shape index (κ1) is 19.9. The van der Waals surface area contributed by atoms with Crippen LogP contribution in [-0.4, -0.2) is 36.1 Å². The lowest BCUT2D eigenvalue weighted by molar-refractivity contribution is 0.0832. The summed E-state index contributed by atoms with van der Waals surface area (Å²) in [5.74, 6) is -0.554. The van der Waals surface area contributed by atoms with E-state index in [1.807, 2.05) is 0 Å². The normalized spacial score (nSPS) is 16.4. The van der Waals surface area contributed by atoms with Crippen LogP contribution < -0.4 is 4.72 Å². The molecule has 2 aromatic rings. The maximum absolute atomic E-state index is 13.1. The number of rotatable bonds is 5. The summed E-state index contributed by atoms with van der Waals surface area (Å²) >= 11 is 0. The third-order valence-corrected chi connectivity index (χ3v) is 7.86. The number of hydrogen-bond donors (Lipinski definition) is 1. The maximum atomic E-state index is 13.1. The zero-order valence-electron chi connectivity index (χ0n) is 14.7. The molecule has 0 aliphatic carbocycles. The molecule has 1 fully saturated rings. The summed E-state index contributed by atoms with van der Waals surface area (Å²) in [6, 6.07) is 8.10. The minimum Gasteiger partial charge on any atom is -0.381 e. The summed E-state index contributed by atoms with van der Waals surface area (Å²) in [5, 5.41) is 0. The molecule has 0 spiro atoms. The van der Waals surface area contributed by atoms with E-state index in [1.165, 1.54) is 12.1 Å². The third kappa shape index (κ3) is 4.37. The van der Waals surface area contributed by atoms with Crippen LogP contribution in [-0.2, 0) is 24.6 Å². The molecule has 1 heterocycles. The number of nitrogens with one attached hydrogen (secondary N) is 1. The molecule has 0 saturated carbocycles. The minimum absolute atomic E-state index is 0.0859. The van der Waals surface area contributed by atoms with Gasteiger partial charge < -0.3 is 4.74 Å². The Balaban J connectivity index is 1.97. The molecular formula is C18H20FNO5S2. The van der Waals surface area contributed by atoms with E-state index in [9.17, 15) is 21.2 Å². The molecule has 0 radical (unpaired) electrons. The Bertz CT molecular complexity index is 1030. The van der Waals surface area contributed by atoms with Crippen LogP contribution in [0.5, 0.6) is 0 Å². The molecule has 1 aliphatic heterocycles. The van der Waals surface area contributed by atoms with E-state index >= 15 is 0 Å². The van der Waals surface area contributed by atoms with Crippen molar-refractivity contribution in [2.75, 3.05) is 13.2 Å². The van der Waals surface area contributed by atoms with Crippen molar-refractivity contribution in [3.8, 4) is 0 Å². The van der Waals surface area contributed by atoms with E-state index in [2.05, 4.69) is 4.72 Å². The highest BCUT2D eigenvalue weighted by Gasteiger charge is 2.26. The molecule has 1 saturated heterocycles. The highest BCUT2D eigenvalue weighted by atomic mass is 32.2. The van der Waals surface area contributed by atoms with Crippen molar-refractivity contribution in [3.05, 3.63) is 53.8 Å². The lowest BCUT2D eigenvalue weighted by Gasteiger charge is -2.23. The van der Waals surface area contributed by atoms with Gasteiger partial charge in [-0.05, 0) is 61.7 Å². The highest BCUT2D eigenvalue weighted by molar-refractivity contribution is 7.91. The van der Waals surface area contributed by atoms with Crippen LogP contribution >= 0.6 is 0 Å². The van der Waals surface area contributed by atoms with Gasteiger partial charge in [-0.15, -0.1) is 0 Å². The summed E-state index contributed by atoms with van der Waals surface area (Å²) in [6.07, 6.45) is 1.12. The highest BCUT2D eigenvalue weighted by Crippen LogP contribution is 2.26. The second-order valence-corrected chi connectivity index (χ2v) is 10.0. The molecule has 9 heteroatoms. The van der Waals surface area contributed by atoms with Gasteiger partial charge in [-0.25, -0.2) is 25.9 Å². The van der Waals surface area contributed by atoms with E-state index in [1.54, 1.807) is 6.92 Å². The van der Waals surface area contributed by atoms with Crippen molar-refractivity contribution in [1.82, 2.24) is 4.72 Å². The molecule has 1 aliphatic rings. The molecule has 0 bridgehead atoms. The Labute approximate surface area is 158 Å². The summed E-state index contributed by atoms with van der Waals surface area (Å²) in [5.41, 5.74) is 0.438. The van der Waals surface area contributed by atoms with E-state index in [0.29, 0.717) is 31.6 Å². The summed E-state index contributed by atoms with van der Waals surface area (Å²) in [4.78, 5) is -0.349. The van der Waals surface area contributed by atoms with Crippen LogP contribution in [0.15, 0.2) is 57.2 Å². The predicted octanol–water partition coefficient (Wildman–Crippen LogP) is 2.42. The van der Waals surface area contributed by atoms with Gasteiger partial charge in [-0.2, -0.15) is 0 Å². The van der Waals surface area contributed by atoms with Gasteiger partial charge >= 0.3 is 0 Å². The molecule has 146 valence electrons. The number of ether oxygens (including phenoxy) is 1. The maximum Gasteiger partial charge on any atom is 0.241 e. The van der Waals surface area contributed by atoms with Gasteiger partial charge in [-0.1, -0.05) is 6.07 Å². The minimum atomic E-state index is -3.97. The molecule has 3 rings (SSSR count). The molecule has 27 heavy (non-hydrogen) atoms. The fraction of sp³-hybridized carbons (Fsp3) is 0.333. The first-order valence-corrected chi connectivity index (χ1v) is 11.4. The number of sulfone groups is 1. The van der Waals surface area contributed by atoms with Gasteiger partial charge in [-0.3, -0.25) is 0 Å². The Morgan fingerprint density at radius 3 is 2.19 bits per heavy atom. The quantitative estimate of drug-likeness (QED) is 0.761. The molecule has 2 aromatic carbocycles. The second kappa shape index (κ2) is 7.67. The molecule has 0 amide bonds.